The maximum absolute atomic E-state index is 12.5. The molecule has 0 aliphatic carbocycles. The lowest BCUT2D eigenvalue weighted by Crippen LogP contribution is -2.44. The van der Waals surface area contributed by atoms with E-state index in [4.69, 9.17) is 5.11 Å². The van der Waals surface area contributed by atoms with Crippen LogP contribution in [0.25, 0.3) is 0 Å². The van der Waals surface area contributed by atoms with Crippen molar-refractivity contribution >= 4 is 17.6 Å². The smallest absolute Gasteiger partial charge is 0.401 e. The SMILES string of the molecule is O=C(O)CCc1cccc(NC(=O)C2CCCN(CC(F)(F)F)C2)c1. The Labute approximate surface area is 143 Å². The maximum Gasteiger partial charge on any atom is 0.401 e. The third-order valence-corrected chi connectivity index (χ3v) is 4.10. The zero-order chi connectivity index (χ0) is 18.4. The number of carboxylic acid groups (broad SMARTS) is 1. The van der Waals surface area contributed by atoms with E-state index in [1.165, 1.54) is 4.90 Å². The van der Waals surface area contributed by atoms with Crippen molar-refractivity contribution < 1.29 is 27.9 Å². The molecule has 5 nitrogen and oxygen atoms in total. The molecular formula is C17H21F3N2O3. The topological polar surface area (TPSA) is 69.6 Å². The number of amides is 1. The predicted octanol–water partition coefficient (Wildman–Crippen LogP) is 2.92. The quantitative estimate of drug-likeness (QED) is 0.820. The first-order valence-electron chi connectivity index (χ1n) is 8.13. The van der Waals surface area contributed by atoms with Crippen molar-refractivity contribution in [1.82, 2.24) is 4.90 Å². The van der Waals surface area contributed by atoms with Crippen molar-refractivity contribution in [1.29, 1.82) is 0 Å². The molecule has 8 heteroatoms. The van der Waals surface area contributed by atoms with Gasteiger partial charge < -0.3 is 10.4 Å². The van der Waals surface area contributed by atoms with Gasteiger partial charge in [-0.05, 0) is 43.5 Å². The average molecular weight is 358 g/mol. The third-order valence-electron chi connectivity index (χ3n) is 4.10. The fourth-order valence-electron chi connectivity index (χ4n) is 2.97. The van der Waals surface area contributed by atoms with Crippen LogP contribution in [0.1, 0.15) is 24.8 Å². The van der Waals surface area contributed by atoms with E-state index < -0.39 is 24.6 Å². The Hall–Kier alpha value is -2.09. The Kier molecular flexibility index (Phi) is 6.41. The average Bonchev–Trinajstić information content (AvgIpc) is 2.52. The number of carboxylic acids is 1. The number of rotatable bonds is 6. The largest absolute Gasteiger partial charge is 0.481 e. The van der Waals surface area contributed by atoms with Crippen molar-refractivity contribution in [2.75, 3.05) is 25.0 Å². The molecule has 1 atom stereocenters. The number of carbonyl (C=O) groups is 2. The lowest BCUT2D eigenvalue weighted by atomic mass is 9.97. The Balaban J connectivity index is 1.92. The molecule has 0 radical (unpaired) electrons. The first-order chi connectivity index (χ1) is 11.7. The van der Waals surface area contributed by atoms with Gasteiger partial charge in [-0.15, -0.1) is 0 Å². The molecule has 2 rings (SSSR count). The van der Waals surface area contributed by atoms with Crippen molar-refractivity contribution in [2.24, 2.45) is 5.92 Å². The van der Waals surface area contributed by atoms with E-state index in [2.05, 4.69) is 5.32 Å². The number of nitrogens with one attached hydrogen (secondary N) is 1. The molecule has 138 valence electrons. The summed E-state index contributed by atoms with van der Waals surface area (Å²) in [5.74, 6) is -1.69. The number of halogens is 3. The van der Waals surface area contributed by atoms with Crippen molar-refractivity contribution in [3.05, 3.63) is 29.8 Å². The van der Waals surface area contributed by atoms with Crippen LogP contribution < -0.4 is 5.32 Å². The van der Waals surface area contributed by atoms with Gasteiger partial charge in [0.1, 0.15) is 0 Å². The Bertz CT molecular complexity index is 619. The summed E-state index contributed by atoms with van der Waals surface area (Å²) in [6.45, 7) is -0.570. The second kappa shape index (κ2) is 8.33. The van der Waals surface area contributed by atoms with Crippen LogP contribution in [0.4, 0.5) is 18.9 Å². The molecule has 1 aromatic carbocycles. The molecule has 0 aromatic heterocycles. The fraction of sp³-hybridized carbons (Fsp3) is 0.529. The molecular weight excluding hydrogens is 337 g/mol. The number of benzene rings is 1. The summed E-state index contributed by atoms with van der Waals surface area (Å²) < 4.78 is 37.5. The van der Waals surface area contributed by atoms with Crippen molar-refractivity contribution in [3.63, 3.8) is 0 Å². The third kappa shape index (κ3) is 6.74. The molecule has 1 fully saturated rings. The summed E-state index contributed by atoms with van der Waals surface area (Å²) in [4.78, 5) is 24.2. The van der Waals surface area contributed by atoms with Crippen LogP contribution >= 0.6 is 0 Å². The zero-order valence-corrected chi connectivity index (χ0v) is 13.7. The zero-order valence-electron chi connectivity index (χ0n) is 13.7. The van der Waals surface area contributed by atoms with Crippen LogP contribution in [0.15, 0.2) is 24.3 Å². The number of carbonyl (C=O) groups excluding carboxylic acids is 1. The van der Waals surface area contributed by atoms with Gasteiger partial charge in [0.15, 0.2) is 0 Å². The highest BCUT2D eigenvalue weighted by Crippen LogP contribution is 2.23. The molecule has 1 amide bonds. The number of hydrogen-bond acceptors (Lipinski definition) is 3. The molecule has 1 saturated heterocycles. The molecule has 2 N–H and O–H groups in total. The lowest BCUT2D eigenvalue weighted by Gasteiger charge is -2.32. The van der Waals surface area contributed by atoms with Crippen LogP contribution in [0.2, 0.25) is 0 Å². The van der Waals surface area contributed by atoms with Gasteiger partial charge in [0.05, 0.1) is 12.5 Å². The molecule has 1 heterocycles. The van der Waals surface area contributed by atoms with E-state index in [-0.39, 0.29) is 18.9 Å². The Morgan fingerprint density at radius 1 is 1.32 bits per heavy atom. The number of aryl methyl sites for hydroxylation is 1. The van der Waals surface area contributed by atoms with Gasteiger partial charge in [-0.2, -0.15) is 13.2 Å². The second-order valence-electron chi connectivity index (χ2n) is 6.27. The maximum atomic E-state index is 12.5. The summed E-state index contributed by atoms with van der Waals surface area (Å²) >= 11 is 0. The Morgan fingerprint density at radius 3 is 2.76 bits per heavy atom. The minimum Gasteiger partial charge on any atom is -0.481 e. The van der Waals surface area contributed by atoms with Gasteiger partial charge in [-0.3, -0.25) is 14.5 Å². The van der Waals surface area contributed by atoms with Crippen molar-refractivity contribution in [3.8, 4) is 0 Å². The van der Waals surface area contributed by atoms with Crippen LogP contribution in [-0.2, 0) is 16.0 Å². The first-order valence-corrected chi connectivity index (χ1v) is 8.13. The molecule has 0 spiro atoms. The summed E-state index contributed by atoms with van der Waals surface area (Å²) in [7, 11) is 0. The van der Waals surface area contributed by atoms with Crippen LogP contribution in [0.5, 0.6) is 0 Å². The summed E-state index contributed by atoms with van der Waals surface area (Å²) in [6.07, 6.45) is -2.82. The fourth-order valence-corrected chi connectivity index (χ4v) is 2.97. The van der Waals surface area contributed by atoms with Gasteiger partial charge in [0, 0.05) is 18.7 Å². The molecule has 1 aliphatic heterocycles. The van der Waals surface area contributed by atoms with Gasteiger partial charge in [-0.25, -0.2) is 0 Å². The monoisotopic (exact) mass is 358 g/mol. The number of hydrogen-bond donors (Lipinski definition) is 2. The normalized spacial score (nSPS) is 18.8. The number of aliphatic carboxylic acids is 1. The minimum absolute atomic E-state index is 0.00751. The molecule has 1 unspecified atom stereocenters. The second-order valence-corrected chi connectivity index (χ2v) is 6.27. The number of alkyl halides is 3. The number of piperidine rings is 1. The highest BCUT2D eigenvalue weighted by molar-refractivity contribution is 5.92. The van der Waals surface area contributed by atoms with Crippen LogP contribution in [-0.4, -0.2) is 47.7 Å². The number of anilines is 1. The molecule has 0 saturated carbocycles. The lowest BCUT2D eigenvalue weighted by molar-refractivity contribution is -0.151. The van der Waals surface area contributed by atoms with Gasteiger partial charge in [0.2, 0.25) is 5.91 Å². The van der Waals surface area contributed by atoms with E-state index in [0.29, 0.717) is 31.5 Å². The van der Waals surface area contributed by atoms with Crippen LogP contribution in [0, 0.1) is 5.92 Å². The van der Waals surface area contributed by atoms with E-state index in [1.54, 1.807) is 24.3 Å². The van der Waals surface area contributed by atoms with E-state index >= 15 is 0 Å². The summed E-state index contributed by atoms with van der Waals surface area (Å²) in [5, 5.41) is 11.4. The van der Waals surface area contributed by atoms with E-state index in [9.17, 15) is 22.8 Å². The van der Waals surface area contributed by atoms with Crippen LogP contribution in [0.3, 0.4) is 0 Å². The van der Waals surface area contributed by atoms with Gasteiger partial charge >= 0.3 is 12.1 Å². The molecule has 0 bridgehead atoms. The summed E-state index contributed by atoms with van der Waals surface area (Å²) in [6, 6.07) is 6.85. The van der Waals surface area contributed by atoms with Gasteiger partial charge in [-0.1, -0.05) is 12.1 Å². The predicted molar refractivity (Wildman–Crippen MR) is 86.2 cm³/mol. The minimum atomic E-state index is -4.27. The van der Waals surface area contributed by atoms with E-state index in [1.807, 2.05) is 0 Å². The highest BCUT2D eigenvalue weighted by Gasteiger charge is 2.34. The molecule has 1 aromatic rings. The molecule has 1 aliphatic rings. The van der Waals surface area contributed by atoms with Gasteiger partial charge in [0.25, 0.3) is 0 Å². The van der Waals surface area contributed by atoms with Crippen molar-refractivity contribution in [2.45, 2.75) is 31.9 Å². The highest BCUT2D eigenvalue weighted by atomic mass is 19.4. The number of likely N-dealkylation sites (tertiary alicyclic amines) is 1. The number of nitrogens with zero attached hydrogens (tertiary/aromatic N) is 1. The summed E-state index contributed by atoms with van der Waals surface area (Å²) in [5.41, 5.74) is 1.31. The van der Waals surface area contributed by atoms with E-state index in [0.717, 1.165) is 5.56 Å². The molecule has 25 heavy (non-hydrogen) atoms. The standard InChI is InChI=1S/C17H21F3N2O3/c18-17(19,20)11-22-8-2-4-13(10-22)16(25)21-14-5-1-3-12(9-14)6-7-15(23)24/h1,3,5,9,13H,2,4,6-8,10-11H2,(H,21,25)(H,23,24). The first kappa shape index (κ1) is 19.2. The Morgan fingerprint density at radius 2 is 2.08 bits per heavy atom.